The molecule has 1 aliphatic carbocycles. The van der Waals surface area contributed by atoms with Crippen LogP contribution in [0.25, 0.3) is 5.57 Å². The number of allylic oxidation sites excluding steroid dienone is 2. The van der Waals surface area contributed by atoms with Crippen molar-refractivity contribution in [3.63, 3.8) is 0 Å². The highest BCUT2D eigenvalue weighted by Crippen LogP contribution is 2.36. The van der Waals surface area contributed by atoms with Gasteiger partial charge in [0.15, 0.2) is 0 Å². The fourth-order valence-electron chi connectivity index (χ4n) is 3.19. The molecule has 0 saturated heterocycles. The molecule has 0 unspecified atom stereocenters. The highest BCUT2D eigenvalue weighted by molar-refractivity contribution is 5.75. The molecule has 6 nitrogen and oxygen atoms in total. The van der Waals surface area contributed by atoms with Gasteiger partial charge in [-0.3, -0.25) is 0 Å². The second-order valence-electron chi connectivity index (χ2n) is 7.02. The molecule has 0 heterocycles. The number of nitrogen functional groups attached to an aromatic ring is 2. The van der Waals surface area contributed by atoms with Crippen molar-refractivity contribution < 1.29 is 19.7 Å². The predicted molar refractivity (Wildman–Crippen MR) is 117 cm³/mol. The number of ether oxygens (including phenoxy) is 2. The Labute approximate surface area is 174 Å². The zero-order valence-electron chi connectivity index (χ0n) is 16.2. The summed E-state index contributed by atoms with van der Waals surface area (Å²) in [5, 5.41) is 19.9. The lowest BCUT2D eigenvalue weighted by Gasteiger charge is -2.33. The molecule has 0 saturated carbocycles. The van der Waals surface area contributed by atoms with Gasteiger partial charge in [0, 0.05) is 24.6 Å². The van der Waals surface area contributed by atoms with E-state index in [-0.39, 0.29) is 22.9 Å². The summed E-state index contributed by atoms with van der Waals surface area (Å²) in [6, 6.07) is 19.3. The number of benzene rings is 3. The first-order valence-corrected chi connectivity index (χ1v) is 9.44. The van der Waals surface area contributed by atoms with Crippen LogP contribution in [0.15, 0.2) is 85.0 Å². The molecule has 0 aromatic heterocycles. The maximum atomic E-state index is 9.94. The highest BCUT2D eigenvalue weighted by atomic mass is 16.7. The van der Waals surface area contributed by atoms with Crippen LogP contribution >= 0.6 is 0 Å². The fraction of sp³-hybridized carbons (Fsp3) is 0.0833. The Hall–Kier alpha value is -4.06. The van der Waals surface area contributed by atoms with E-state index in [2.05, 4.69) is 0 Å². The van der Waals surface area contributed by atoms with Gasteiger partial charge < -0.3 is 31.2 Å². The Kier molecular flexibility index (Phi) is 4.98. The molecule has 0 bridgehead atoms. The van der Waals surface area contributed by atoms with Gasteiger partial charge in [-0.15, -0.1) is 0 Å². The Balaban J connectivity index is 1.66. The second-order valence-corrected chi connectivity index (χ2v) is 7.02. The summed E-state index contributed by atoms with van der Waals surface area (Å²) in [5.41, 5.74) is 14.0. The number of aromatic hydroxyl groups is 2. The van der Waals surface area contributed by atoms with E-state index in [0.717, 1.165) is 11.1 Å². The Morgan fingerprint density at radius 2 is 1.33 bits per heavy atom. The average Bonchev–Trinajstić information content (AvgIpc) is 2.75. The third-order valence-electron chi connectivity index (χ3n) is 4.82. The summed E-state index contributed by atoms with van der Waals surface area (Å²) in [6.07, 6.45) is 6.15. The van der Waals surface area contributed by atoms with Gasteiger partial charge in [0.05, 0.1) is 11.4 Å². The zero-order chi connectivity index (χ0) is 21.1. The van der Waals surface area contributed by atoms with E-state index in [4.69, 9.17) is 20.9 Å². The Morgan fingerprint density at radius 3 is 1.80 bits per heavy atom. The first-order chi connectivity index (χ1) is 14.4. The van der Waals surface area contributed by atoms with E-state index < -0.39 is 5.79 Å². The van der Waals surface area contributed by atoms with Crippen molar-refractivity contribution in [1.29, 1.82) is 0 Å². The predicted octanol–water partition coefficient (Wildman–Crippen LogP) is 4.46. The molecular weight excluding hydrogens is 380 g/mol. The number of phenols is 2. The smallest absolute Gasteiger partial charge is 0.274 e. The van der Waals surface area contributed by atoms with Gasteiger partial charge in [0.1, 0.15) is 23.0 Å². The topological polar surface area (TPSA) is 111 Å². The third kappa shape index (κ3) is 4.03. The summed E-state index contributed by atoms with van der Waals surface area (Å²) >= 11 is 0. The zero-order valence-corrected chi connectivity index (χ0v) is 16.2. The number of nitrogens with two attached hydrogens (primary N) is 2. The molecule has 0 amide bonds. The van der Waals surface area contributed by atoms with Crippen molar-refractivity contribution in [3.8, 4) is 23.0 Å². The third-order valence-corrected chi connectivity index (χ3v) is 4.82. The van der Waals surface area contributed by atoms with Crippen molar-refractivity contribution >= 4 is 16.9 Å². The van der Waals surface area contributed by atoms with E-state index in [0.29, 0.717) is 17.9 Å². The average molecular weight is 402 g/mol. The normalized spacial score (nSPS) is 14.7. The maximum Gasteiger partial charge on any atom is 0.274 e. The van der Waals surface area contributed by atoms with Crippen molar-refractivity contribution in [2.75, 3.05) is 11.5 Å². The van der Waals surface area contributed by atoms with Crippen LogP contribution in [0.2, 0.25) is 0 Å². The lowest BCUT2D eigenvalue weighted by atomic mass is 9.96. The minimum absolute atomic E-state index is 0.0758. The van der Waals surface area contributed by atoms with Crippen molar-refractivity contribution in [1.82, 2.24) is 0 Å². The Bertz CT molecular complexity index is 1070. The van der Waals surface area contributed by atoms with Gasteiger partial charge in [-0.1, -0.05) is 42.5 Å². The van der Waals surface area contributed by atoms with Crippen LogP contribution in [-0.4, -0.2) is 16.0 Å². The van der Waals surface area contributed by atoms with Crippen LogP contribution in [0.1, 0.15) is 12.0 Å². The van der Waals surface area contributed by atoms with Gasteiger partial charge >= 0.3 is 0 Å². The maximum absolute atomic E-state index is 9.94. The molecule has 4 rings (SSSR count). The lowest BCUT2D eigenvalue weighted by molar-refractivity contribution is -0.0686. The van der Waals surface area contributed by atoms with E-state index in [1.807, 2.05) is 48.6 Å². The van der Waals surface area contributed by atoms with Crippen molar-refractivity contribution in [3.05, 3.63) is 90.5 Å². The first-order valence-electron chi connectivity index (χ1n) is 9.44. The fourth-order valence-corrected chi connectivity index (χ4v) is 3.19. The summed E-state index contributed by atoms with van der Waals surface area (Å²) in [5.74, 6) is -0.560. The highest BCUT2D eigenvalue weighted by Gasteiger charge is 2.34. The summed E-state index contributed by atoms with van der Waals surface area (Å²) in [7, 11) is 0. The molecule has 6 N–H and O–H groups in total. The molecular formula is C24H22N2O4. The number of hydrogen-bond donors (Lipinski definition) is 4. The molecule has 0 fully saturated rings. The molecule has 1 aliphatic rings. The van der Waals surface area contributed by atoms with Gasteiger partial charge in [-0.25, -0.2) is 0 Å². The SMILES string of the molecule is Nc1ccc(OC2(Oc3ccc(N)c(O)c3)C=CC(c3ccccc3)=CC2)cc1O. The van der Waals surface area contributed by atoms with Gasteiger partial charge in [-0.2, -0.15) is 0 Å². The molecule has 6 heteroatoms. The van der Waals surface area contributed by atoms with E-state index in [1.165, 1.54) is 12.1 Å². The van der Waals surface area contributed by atoms with Crippen molar-refractivity contribution in [2.24, 2.45) is 0 Å². The van der Waals surface area contributed by atoms with Crippen LogP contribution in [0, 0.1) is 0 Å². The van der Waals surface area contributed by atoms with Crippen LogP contribution in [-0.2, 0) is 0 Å². The number of hydrogen-bond acceptors (Lipinski definition) is 6. The number of anilines is 2. The molecule has 0 atom stereocenters. The van der Waals surface area contributed by atoms with Crippen LogP contribution in [0.3, 0.4) is 0 Å². The lowest BCUT2D eigenvalue weighted by Crippen LogP contribution is -2.41. The summed E-state index contributed by atoms with van der Waals surface area (Å²) < 4.78 is 12.3. The summed E-state index contributed by atoms with van der Waals surface area (Å²) in [4.78, 5) is 0. The minimum Gasteiger partial charge on any atom is -0.506 e. The van der Waals surface area contributed by atoms with Crippen LogP contribution in [0.4, 0.5) is 11.4 Å². The van der Waals surface area contributed by atoms with Crippen LogP contribution < -0.4 is 20.9 Å². The Morgan fingerprint density at radius 1 is 0.767 bits per heavy atom. The van der Waals surface area contributed by atoms with E-state index in [1.54, 1.807) is 24.3 Å². The minimum atomic E-state index is -1.19. The molecule has 3 aromatic carbocycles. The number of rotatable bonds is 5. The number of phenolic OH excluding ortho intramolecular Hbond substituents is 2. The largest absolute Gasteiger partial charge is 0.506 e. The monoisotopic (exact) mass is 402 g/mol. The summed E-state index contributed by atoms with van der Waals surface area (Å²) in [6.45, 7) is 0. The standard InChI is InChI=1S/C24H22N2O4/c25-20-8-6-18(14-22(20)27)29-24(30-19-7-9-21(26)23(28)15-19)12-10-17(11-13-24)16-4-2-1-3-5-16/h1-12,14-15,27-28H,13,25-26H2. The van der Waals surface area contributed by atoms with Gasteiger partial charge in [0.25, 0.3) is 5.79 Å². The molecule has 0 aliphatic heterocycles. The molecule has 0 radical (unpaired) electrons. The molecule has 3 aromatic rings. The quantitative estimate of drug-likeness (QED) is 0.285. The van der Waals surface area contributed by atoms with Gasteiger partial charge in [0.2, 0.25) is 0 Å². The van der Waals surface area contributed by atoms with E-state index in [9.17, 15) is 10.2 Å². The molecule has 0 spiro atoms. The molecule has 152 valence electrons. The van der Waals surface area contributed by atoms with Crippen molar-refractivity contribution in [2.45, 2.75) is 12.2 Å². The van der Waals surface area contributed by atoms with Crippen LogP contribution in [0.5, 0.6) is 23.0 Å². The first kappa shape index (κ1) is 19.3. The second kappa shape index (κ2) is 7.75. The van der Waals surface area contributed by atoms with E-state index >= 15 is 0 Å². The van der Waals surface area contributed by atoms with Gasteiger partial charge in [-0.05, 0) is 35.4 Å². The molecule has 30 heavy (non-hydrogen) atoms.